The van der Waals surface area contributed by atoms with Crippen molar-refractivity contribution >= 4 is 28.3 Å². The van der Waals surface area contributed by atoms with Crippen molar-refractivity contribution < 1.29 is 32.8 Å². The van der Waals surface area contributed by atoms with Crippen LogP contribution in [0.2, 0.25) is 0 Å². The molecule has 1 unspecified atom stereocenters. The van der Waals surface area contributed by atoms with E-state index in [0.717, 1.165) is 5.69 Å². The molecule has 9 nitrogen and oxygen atoms in total. The smallest absolute Gasteiger partial charge is 0.317 e. The lowest BCUT2D eigenvalue weighted by Crippen LogP contribution is -2.28. The molecule has 1 atom stereocenters. The molecule has 0 aromatic heterocycles. The highest BCUT2D eigenvalue weighted by Crippen LogP contribution is 2.14. The maximum absolute atomic E-state index is 9.19. The first-order chi connectivity index (χ1) is 14.2. The van der Waals surface area contributed by atoms with Crippen LogP contribution in [0.5, 0.6) is 11.5 Å². The Morgan fingerprint density at radius 3 is 1.97 bits per heavy atom. The SMILES string of the molecule is C=O.CS(=O)(=O)O.Oc1cccc(O)c1.[N-]=[N+]=C1C=CC=CC1Nc1ccccc1. The monoisotopic (exact) mass is 433 g/mol. The molecule has 3 rings (SSSR count). The van der Waals surface area contributed by atoms with E-state index in [1.54, 1.807) is 12.1 Å². The van der Waals surface area contributed by atoms with Gasteiger partial charge in [0, 0.05) is 17.8 Å². The van der Waals surface area contributed by atoms with Gasteiger partial charge in [0.25, 0.3) is 10.1 Å². The molecule has 0 saturated heterocycles. The molecule has 1 aliphatic carbocycles. The highest BCUT2D eigenvalue weighted by Gasteiger charge is 2.19. The molecular weight excluding hydrogens is 410 g/mol. The molecule has 0 radical (unpaired) electrons. The Morgan fingerprint density at radius 1 is 1.00 bits per heavy atom. The zero-order valence-electron chi connectivity index (χ0n) is 16.2. The van der Waals surface area contributed by atoms with Gasteiger partial charge in [-0.1, -0.05) is 42.5 Å². The van der Waals surface area contributed by atoms with Crippen molar-refractivity contribution in [3.63, 3.8) is 0 Å². The number of allylic oxidation sites excluding steroid dienone is 2. The van der Waals surface area contributed by atoms with Crippen LogP contribution in [-0.2, 0) is 14.9 Å². The topological polar surface area (TPSA) is 160 Å². The molecule has 2 aromatic rings. The number of benzene rings is 2. The van der Waals surface area contributed by atoms with Crippen molar-refractivity contribution in [2.24, 2.45) is 0 Å². The summed E-state index contributed by atoms with van der Waals surface area (Å²) in [6.07, 6.45) is 8.21. The Morgan fingerprint density at radius 2 is 1.53 bits per heavy atom. The zero-order chi connectivity index (χ0) is 23.0. The molecule has 0 saturated carbocycles. The molecule has 0 fully saturated rings. The molecular formula is C20H23N3O6S. The number of carbonyl (C=O) groups is 1. The summed E-state index contributed by atoms with van der Waals surface area (Å²) in [5.74, 6) is 0.176. The maximum Gasteiger partial charge on any atom is 0.317 e. The molecule has 0 amide bonds. The summed E-state index contributed by atoms with van der Waals surface area (Å²) in [7, 11) is -3.67. The Kier molecular flexibility index (Phi) is 12.5. The predicted octanol–water partition coefficient (Wildman–Crippen LogP) is 2.68. The van der Waals surface area contributed by atoms with Gasteiger partial charge in [-0.25, -0.2) is 0 Å². The van der Waals surface area contributed by atoms with Crippen molar-refractivity contribution in [1.29, 1.82) is 0 Å². The number of rotatable bonds is 2. The van der Waals surface area contributed by atoms with Crippen molar-refractivity contribution in [3.05, 3.63) is 84.4 Å². The van der Waals surface area contributed by atoms with Gasteiger partial charge in [0.2, 0.25) is 0 Å². The number of hydrogen-bond acceptors (Lipinski definition) is 6. The number of aromatic hydroxyl groups is 2. The fourth-order valence-electron chi connectivity index (χ4n) is 1.96. The van der Waals surface area contributed by atoms with Crippen molar-refractivity contribution in [2.75, 3.05) is 11.6 Å². The van der Waals surface area contributed by atoms with Crippen LogP contribution in [0.25, 0.3) is 5.53 Å². The second-order valence-corrected chi connectivity index (χ2v) is 6.98. The van der Waals surface area contributed by atoms with E-state index in [0.29, 0.717) is 12.0 Å². The number of nitrogens with zero attached hydrogens (tertiary/aromatic N) is 2. The highest BCUT2D eigenvalue weighted by atomic mass is 32.2. The minimum Gasteiger partial charge on any atom is -0.508 e. The third-order valence-corrected chi connectivity index (χ3v) is 3.04. The fourth-order valence-corrected chi connectivity index (χ4v) is 1.96. The quantitative estimate of drug-likeness (QED) is 0.322. The largest absolute Gasteiger partial charge is 0.508 e. The third-order valence-electron chi connectivity index (χ3n) is 3.04. The molecule has 1 aliphatic rings. The van der Waals surface area contributed by atoms with Gasteiger partial charge in [-0.15, -0.1) is 0 Å². The van der Waals surface area contributed by atoms with E-state index in [-0.39, 0.29) is 17.5 Å². The van der Waals surface area contributed by atoms with E-state index >= 15 is 0 Å². The average molecular weight is 433 g/mol. The van der Waals surface area contributed by atoms with Crippen molar-refractivity contribution in [1.82, 2.24) is 0 Å². The van der Waals surface area contributed by atoms with Gasteiger partial charge >= 0.3 is 5.71 Å². The first kappa shape index (κ1) is 26.3. The summed E-state index contributed by atoms with van der Waals surface area (Å²) in [5, 5.41) is 20.6. The Hall–Kier alpha value is -3.72. The molecule has 0 spiro atoms. The van der Waals surface area contributed by atoms with Crippen LogP contribution in [0.4, 0.5) is 5.69 Å². The molecule has 0 bridgehead atoms. The number of carbonyl (C=O) groups excluding carboxylic acids is 1. The number of phenols is 2. The molecule has 0 aliphatic heterocycles. The van der Waals surface area contributed by atoms with E-state index in [1.165, 1.54) is 18.2 Å². The lowest BCUT2D eigenvalue weighted by atomic mass is 10.1. The summed E-state index contributed by atoms with van der Waals surface area (Å²) < 4.78 is 25.9. The molecule has 10 heteroatoms. The normalized spacial score (nSPS) is 13.8. The van der Waals surface area contributed by atoms with Crippen LogP contribution < -0.4 is 5.32 Å². The van der Waals surface area contributed by atoms with E-state index in [9.17, 15) is 8.42 Å². The average Bonchev–Trinajstić information content (AvgIpc) is 2.70. The van der Waals surface area contributed by atoms with Crippen molar-refractivity contribution in [2.45, 2.75) is 6.04 Å². The predicted molar refractivity (Wildman–Crippen MR) is 115 cm³/mol. The van der Waals surface area contributed by atoms with Crippen LogP contribution in [0.1, 0.15) is 0 Å². The number of hydrogen-bond donors (Lipinski definition) is 4. The van der Waals surface area contributed by atoms with Gasteiger partial charge in [0.1, 0.15) is 24.3 Å². The maximum atomic E-state index is 9.19. The Balaban J connectivity index is 0.000000472. The summed E-state index contributed by atoms with van der Waals surface area (Å²) in [6, 6.07) is 15.6. The van der Waals surface area contributed by atoms with E-state index < -0.39 is 10.1 Å². The Labute approximate surface area is 175 Å². The van der Waals surface area contributed by atoms with Crippen LogP contribution in [-0.4, -0.2) is 52.8 Å². The van der Waals surface area contributed by atoms with E-state index in [2.05, 4.69) is 10.1 Å². The summed E-state index contributed by atoms with van der Waals surface area (Å²) in [4.78, 5) is 11.2. The zero-order valence-corrected chi connectivity index (χ0v) is 17.0. The molecule has 160 valence electrons. The molecule has 4 N–H and O–H groups in total. The fraction of sp³-hybridized carbons (Fsp3) is 0.100. The lowest BCUT2D eigenvalue weighted by Gasteiger charge is -2.12. The van der Waals surface area contributed by atoms with Crippen molar-refractivity contribution in [3.8, 4) is 11.5 Å². The molecule has 0 heterocycles. The van der Waals surface area contributed by atoms with Gasteiger partial charge < -0.3 is 25.9 Å². The van der Waals surface area contributed by atoms with Crippen LogP contribution in [0, 0.1) is 0 Å². The van der Waals surface area contributed by atoms with E-state index in [1.807, 2.05) is 55.3 Å². The van der Waals surface area contributed by atoms with E-state index in [4.69, 9.17) is 25.1 Å². The van der Waals surface area contributed by atoms with Gasteiger partial charge in [0.15, 0.2) is 0 Å². The summed E-state index contributed by atoms with van der Waals surface area (Å²) >= 11 is 0. The number of phenolic OH excluding ortho intramolecular Hbond substituents is 2. The highest BCUT2D eigenvalue weighted by molar-refractivity contribution is 7.85. The first-order valence-electron chi connectivity index (χ1n) is 8.27. The van der Waals surface area contributed by atoms with Gasteiger partial charge in [0.05, 0.1) is 6.26 Å². The second-order valence-electron chi connectivity index (χ2n) is 5.51. The summed E-state index contributed by atoms with van der Waals surface area (Å²) in [6.45, 7) is 2.00. The standard InChI is InChI=1S/C12H11N3.C6H6O2.CH4O3S.CH2O/c13-15-12-9-5-4-8-11(12)14-10-6-2-1-3-7-10;7-5-2-1-3-6(8)4-5;1-5(2,3)4;1-2/h1-9,11,14H;1-4,7-8H;1H3,(H,2,3,4);1H2. The second kappa shape index (κ2) is 14.3. The van der Waals surface area contributed by atoms with Gasteiger partial charge in [-0.2, -0.15) is 13.2 Å². The lowest BCUT2D eigenvalue weighted by molar-refractivity contribution is -0.0980. The Bertz CT molecular complexity index is 959. The van der Waals surface area contributed by atoms with Gasteiger partial charge in [-0.05, 0) is 24.3 Å². The number of nitrogens with one attached hydrogen (secondary N) is 1. The number of anilines is 1. The number of para-hydroxylation sites is 1. The van der Waals surface area contributed by atoms with Crippen LogP contribution in [0.15, 0.2) is 78.9 Å². The molecule has 2 aromatic carbocycles. The van der Waals surface area contributed by atoms with Crippen LogP contribution in [0.3, 0.4) is 0 Å². The van der Waals surface area contributed by atoms with Crippen LogP contribution >= 0.6 is 0 Å². The minimum atomic E-state index is -3.67. The van der Waals surface area contributed by atoms with Gasteiger partial charge in [-0.3, -0.25) is 4.55 Å². The minimum absolute atomic E-state index is 0.0672. The summed E-state index contributed by atoms with van der Waals surface area (Å²) in [5.41, 5.74) is 10.4. The molecule has 30 heavy (non-hydrogen) atoms. The first-order valence-corrected chi connectivity index (χ1v) is 10.1. The third kappa shape index (κ3) is 13.4.